The van der Waals surface area contributed by atoms with Crippen molar-refractivity contribution in [2.75, 3.05) is 26.3 Å². The molecule has 0 aromatic heterocycles. The molecule has 0 radical (unpaired) electrons. The second kappa shape index (κ2) is 13.3. The lowest BCUT2D eigenvalue weighted by molar-refractivity contribution is -0.421. The van der Waals surface area contributed by atoms with Gasteiger partial charge in [-0.05, 0) is 13.0 Å². The van der Waals surface area contributed by atoms with Gasteiger partial charge in [0.25, 0.3) is 17.5 Å². The zero-order chi connectivity index (χ0) is 34.9. The minimum atomic E-state index is -4.93. The lowest BCUT2D eigenvalue weighted by atomic mass is 9.84. The van der Waals surface area contributed by atoms with Gasteiger partial charge >= 0.3 is 10.4 Å². The quantitative estimate of drug-likeness (QED) is 0.0988. The van der Waals surface area contributed by atoms with E-state index < -0.39 is 133 Å². The van der Waals surface area contributed by atoms with Crippen molar-refractivity contribution in [2.45, 2.75) is 110 Å². The Balaban J connectivity index is 1.36. The van der Waals surface area contributed by atoms with E-state index in [1.165, 1.54) is 0 Å². The number of hydrogen-bond donors (Lipinski definition) is 13. The summed E-state index contributed by atoms with van der Waals surface area (Å²) in [7, 11) is -4.93. The van der Waals surface area contributed by atoms with Crippen molar-refractivity contribution in [1.29, 1.82) is 0 Å². The Bertz CT molecular complexity index is 1230. The van der Waals surface area contributed by atoms with Crippen LogP contribution in [0, 0.1) is 5.92 Å². The van der Waals surface area contributed by atoms with Crippen LogP contribution in [-0.2, 0) is 47.2 Å². The second-order valence-electron chi connectivity index (χ2n) is 12.3. The average molecular weight is 709 g/mol. The summed E-state index contributed by atoms with van der Waals surface area (Å²) in [4.78, 5) is 0. The Morgan fingerprint density at radius 2 is 1.51 bits per heavy atom. The van der Waals surface area contributed by atoms with Crippen molar-refractivity contribution in [1.82, 2.24) is 0 Å². The molecule has 0 amide bonds. The number of aliphatic hydroxyl groups excluding tert-OH is 6. The number of nitrogens with two attached hydrogens (primary N) is 6. The van der Waals surface area contributed by atoms with E-state index in [9.17, 15) is 44.2 Å². The lowest BCUT2D eigenvalue weighted by Gasteiger charge is -2.50. The Morgan fingerprint density at radius 3 is 2.13 bits per heavy atom. The Labute approximate surface area is 267 Å². The predicted molar refractivity (Wildman–Crippen MR) is 147 cm³/mol. The molecule has 19 N–H and O–H groups in total. The molecule has 0 aromatic rings. The molecule has 18 atom stereocenters. The van der Waals surface area contributed by atoms with Crippen molar-refractivity contribution in [3.8, 4) is 0 Å². The van der Waals surface area contributed by atoms with Crippen LogP contribution in [0.3, 0.4) is 0 Å². The first kappa shape index (κ1) is 37.4. The molecule has 5 rings (SSSR count). The molecule has 5 fully saturated rings. The molecule has 4 heterocycles. The molecule has 1 aliphatic carbocycles. The minimum Gasteiger partial charge on any atom is -0.394 e. The van der Waals surface area contributed by atoms with E-state index in [-0.39, 0.29) is 19.6 Å². The smallest absolute Gasteiger partial charge is 0.394 e. The van der Waals surface area contributed by atoms with E-state index in [0.717, 1.165) is 0 Å². The summed E-state index contributed by atoms with van der Waals surface area (Å²) >= 11 is 0. The molecule has 5 unspecified atom stereocenters. The molecular weight excluding hydrogens is 664 g/mol. The SMILES string of the molecule is NC[C@@H]1CO[C@@](N)(OC2C(CO)OC(O[C@@H]3[C@@H](O)[C@H](N)C[C@H](N)[C@H]3OC3O[C@]4(CN)OS(=O)(=O)O[C@@]4(O)[C@H](O)[C@H]3N)C2O)[C@H](O)[C@H]1O. The van der Waals surface area contributed by atoms with Gasteiger partial charge in [0.05, 0.1) is 38.0 Å². The second-order valence-corrected chi connectivity index (χ2v) is 13.4. The fourth-order valence-corrected chi connectivity index (χ4v) is 7.46. The summed E-state index contributed by atoms with van der Waals surface area (Å²) in [6, 6.07) is -3.83. The minimum absolute atomic E-state index is 0.0420. The van der Waals surface area contributed by atoms with Crippen LogP contribution < -0.4 is 34.4 Å². The predicted octanol–water partition coefficient (Wildman–Crippen LogP) is -9.74. The van der Waals surface area contributed by atoms with Crippen molar-refractivity contribution in [2.24, 2.45) is 40.3 Å². The normalized spacial score (nSPS) is 54.8. The largest absolute Gasteiger partial charge is 0.405 e. The Kier molecular flexibility index (Phi) is 10.6. The summed E-state index contributed by atoms with van der Waals surface area (Å²) in [5, 5.41) is 74.9. The zero-order valence-corrected chi connectivity index (χ0v) is 25.6. The van der Waals surface area contributed by atoms with Gasteiger partial charge in [-0.3, -0.25) is 5.73 Å². The van der Waals surface area contributed by atoms with Gasteiger partial charge in [-0.1, -0.05) is 0 Å². The Morgan fingerprint density at radius 1 is 0.851 bits per heavy atom. The van der Waals surface area contributed by atoms with Gasteiger partial charge in [0.1, 0.15) is 42.7 Å². The van der Waals surface area contributed by atoms with Crippen LogP contribution in [0.2, 0.25) is 0 Å². The van der Waals surface area contributed by atoms with E-state index in [1.807, 2.05) is 0 Å². The van der Waals surface area contributed by atoms with Gasteiger partial charge < -0.3 is 92.8 Å². The highest BCUT2D eigenvalue weighted by atomic mass is 32.3. The summed E-state index contributed by atoms with van der Waals surface area (Å²) in [6.07, 6.45) is -18.4. The molecule has 4 saturated heterocycles. The third kappa shape index (κ3) is 6.33. The van der Waals surface area contributed by atoms with E-state index in [4.69, 9.17) is 67.0 Å². The number of ether oxygens (including phenoxy) is 6. The van der Waals surface area contributed by atoms with E-state index in [0.29, 0.717) is 0 Å². The van der Waals surface area contributed by atoms with Gasteiger partial charge in [-0.15, -0.1) is 0 Å². The van der Waals surface area contributed by atoms with E-state index in [2.05, 4.69) is 4.18 Å². The van der Waals surface area contributed by atoms with Crippen LogP contribution in [-0.4, -0.2) is 174 Å². The lowest BCUT2D eigenvalue weighted by Crippen LogP contribution is -2.76. The van der Waals surface area contributed by atoms with Crippen LogP contribution in [0.5, 0.6) is 0 Å². The van der Waals surface area contributed by atoms with Gasteiger partial charge in [-0.2, -0.15) is 8.42 Å². The standard InChI is InChI=1S/C23H44N6O17S/c24-2-6-4-39-23(29,18(35)11(6)31)43-15-9(3-30)40-20(13(15)33)42-16-12(32)7(26)1-8(27)14(16)41-19-10(28)17(34)22(36)21(5-25,44-19)45-47(37,38)46-22/h6-20,30-36H,1-5,24-29H2/t6-,7-,8+,9?,10-,11+,12+,13?,14-,15?,16-,17-,18-,19?,20?,21-,22+,23-/m1/s1. The van der Waals surface area contributed by atoms with E-state index >= 15 is 0 Å². The van der Waals surface area contributed by atoms with Gasteiger partial charge in [0.2, 0.25) is 0 Å². The average Bonchev–Trinajstić information content (AvgIpc) is 3.43. The fraction of sp³-hybridized carbons (Fsp3) is 1.00. The first-order valence-electron chi connectivity index (χ1n) is 14.7. The maximum absolute atomic E-state index is 12.1. The van der Waals surface area contributed by atoms with Crippen molar-refractivity contribution in [3.05, 3.63) is 0 Å². The summed E-state index contributed by atoms with van der Waals surface area (Å²) < 4.78 is 67.5. The fourth-order valence-electron chi connectivity index (χ4n) is 6.33. The zero-order valence-electron chi connectivity index (χ0n) is 24.8. The molecule has 0 aromatic carbocycles. The highest BCUT2D eigenvalue weighted by Crippen LogP contribution is 2.47. The van der Waals surface area contributed by atoms with Crippen LogP contribution in [0.4, 0.5) is 0 Å². The highest BCUT2D eigenvalue weighted by Gasteiger charge is 2.74. The third-order valence-corrected chi connectivity index (χ3v) is 10.1. The molecule has 5 aliphatic rings. The van der Waals surface area contributed by atoms with Crippen LogP contribution >= 0.6 is 0 Å². The first-order valence-corrected chi connectivity index (χ1v) is 16.0. The van der Waals surface area contributed by atoms with Crippen molar-refractivity contribution < 1.29 is 81.0 Å². The molecule has 0 spiro atoms. The van der Waals surface area contributed by atoms with Gasteiger partial charge in [0.15, 0.2) is 12.6 Å². The molecule has 23 nitrogen and oxygen atoms in total. The summed E-state index contributed by atoms with van der Waals surface area (Å²) in [5.41, 5.74) is 35.7. The van der Waals surface area contributed by atoms with Crippen LogP contribution in [0.1, 0.15) is 6.42 Å². The number of hydrogen-bond acceptors (Lipinski definition) is 23. The van der Waals surface area contributed by atoms with Crippen LogP contribution in [0.25, 0.3) is 0 Å². The maximum Gasteiger partial charge on any atom is 0.405 e. The molecular formula is C23H44N6O17S. The molecule has 1 saturated carbocycles. The van der Waals surface area contributed by atoms with Gasteiger partial charge in [0, 0.05) is 18.0 Å². The topological polar surface area (TPSA) is 406 Å². The molecule has 274 valence electrons. The van der Waals surface area contributed by atoms with Gasteiger partial charge in [-0.25, -0.2) is 8.37 Å². The van der Waals surface area contributed by atoms with Crippen LogP contribution in [0.15, 0.2) is 0 Å². The summed E-state index contributed by atoms with van der Waals surface area (Å²) in [6.45, 7) is -1.91. The Hall–Kier alpha value is -0.890. The number of aliphatic hydroxyl groups is 7. The molecule has 4 aliphatic heterocycles. The molecule has 24 heteroatoms. The first-order chi connectivity index (χ1) is 21.9. The molecule has 0 bridgehead atoms. The van der Waals surface area contributed by atoms with Crippen molar-refractivity contribution in [3.63, 3.8) is 0 Å². The maximum atomic E-state index is 12.1. The highest BCUT2D eigenvalue weighted by molar-refractivity contribution is 7.82. The number of rotatable bonds is 9. The monoisotopic (exact) mass is 708 g/mol. The third-order valence-electron chi connectivity index (χ3n) is 9.15. The van der Waals surface area contributed by atoms with Crippen molar-refractivity contribution >= 4 is 10.4 Å². The molecule has 47 heavy (non-hydrogen) atoms. The summed E-state index contributed by atoms with van der Waals surface area (Å²) in [5.74, 6) is -8.84. The number of fused-ring (bicyclic) bond motifs is 1. The van der Waals surface area contributed by atoms with E-state index in [1.54, 1.807) is 0 Å².